The number of methoxy groups -OCH3 is 1. The van der Waals surface area contributed by atoms with Gasteiger partial charge in [-0.05, 0) is 34.7 Å². The number of alkyl halides is 2. The van der Waals surface area contributed by atoms with Crippen molar-refractivity contribution in [3.05, 3.63) is 27.1 Å². The summed E-state index contributed by atoms with van der Waals surface area (Å²) in [6.07, 6.45) is -2.72. The average Bonchev–Trinajstić information content (AvgIpc) is 2.20. The van der Waals surface area contributed by atoms with Gasteiger partial charge in [0.25, 0.3) is 6.43 Å². The standard InChI is InChI=1S/C9H8F2INO2/c1-15-7(14)4-5-2-3-6(12)8(13-5)9(10)11/h2-3,9H,4H2,1H3. The third-order valence-corrected chi connectivity index (χ3v) is 2.60. The Bertz CT molecular complexity index is 371. The molecule has 1 aromatic rings. The Kier molecular flexibility index (Phi) is 4.37. The molecule has 0 unspecified atom stereocenters. The zero-order valence-corrected chi connectivity index (χ0v) is 9.99. The van der Waals surface area contributed by atoms with Crippen molar-refractivity contribution in [2.45, 2.75) is 12.8 Å². The zero-order valence-electron chi connectivity index (χ0n) is 7.84. The van der Waals surface area contributed by atoms with E-state index in [1.54, 1.807) is 22.6 Å². The molecule has 0 bridgehead atoms. The van der Waals surface area contributed by atoms with Crippen LogP contribution in [0.15, 0.2) is 12.1 Å². The number of carbonyl (C=O) groups excluding carboxylic acids is 1. The van der Waals surface area contributed by atoms with Crippen LogP contribution in [0.3, 0.4) is 0 Å². The van der Waals surface area contributed by atoms with Gasteiger partial charge in [0.05, 0.1) is 19.2 Å². The third kappa shape index (κ3) is 3.37. The van der Waals surface area contributed by atoms with Gasteiger partial charge in [0.15, 0.2) is 0 Å². The quantitative estimate of drug-likeness (QED) is 0.632. The summed E-state index contributed by atoms with van der Waals surface area (Å²) in [5.74, 6) is -0.496. The molecule has 0 fully saturated rings. The molecule has 3 nitrogen and oxygen atoms in total. The first-order valence-corrected chi connectivity index (χ1v) is 5.12. The van der Waals surface area contributed by atoms with Gasteiger partial charge in [0.2, 0.25) is 0 Å². The zero-order chi connectivity index (χ0) is 11.4. The Morgan fingerprint density at radius 3 is 2.80 bits per heavy atom. The Labute approximate surface area is 99.0 Å². The molecule has 82 valence electrons. The van der Waals surface area contributed by atoms with Gasteiger partial charge in [-0.25, -0.2) is 8.78 Å². The van der Waals surface area contributed by atoms with Crippen LogP contribution in [0, 0.1) is 3.57 Å². The molecule has 1 rings (SSSR count). The molecule has 0 saturated heterocycles. The van der Waals surface area contributed by atoms with Gasteiger partial charge in [-0.1, -0.05) is 0 Å². The van der Waals surface area contributed by atoms with Crippen molar-refractivity contribution in [3.8, 4) is 0 Å². The average molecular weight is 327 g/mol. The van der Waals surface area contributed by atoms with Crippen LogP contribution in [-0.4, -0.2) is 18.1 Å². The lowest BCUT2D eigenvalue weighted by molar-refractivity contribution is -0.139. The van der Waals surface area contributed by atoms with Crippen molar-refractivity contribution in [1.82, 2.24) is 4.98 Å². The molecule has 0 aliphatic carbocycles. The monoisotopic (exact) mass is 327 g/mol. The van der Waals surface area contributed by atoms with Crippen LogP contribution in [0.2, 0.25) is 0 Å². The summed E-state index contributed by atoms with van der Waals surface area (Å²) >= 11 is 1.78. The lowest BCUT2D eigenvalue weighted by Gasteiger charge is -2.05. The summed E-state index contributed by atoms with van der Waals surface area (Å²) in [6, 6.07) is 3.04. The van der Waals surface area contributed by atoms with Crippen molar-refractivity contribution in [1.29, 1.82) is 0 Å². The van der Waals surface area contributed by atoms with Crippen LogP contribution in [-0.2, 0) is 16.0 Å². The minimum absolute atomic E-state index is 0.0901. The fourth-order valence-corrected chi connectivity index (χ4v) is 1.51. The smallest absolute Gasteiger partial charge is 0.311 e. The molecule has 0 aliphatic heterocycles. The highest BCUT2D eigenvalue weighted by Crippen LogP contribution is 2.22. The van der Waals surface area contributed by atoms with Crippen LogP contribution in [0.1, 0.15) is 17.8 Å². The minimum Gasteiger partial charge on any atom is -0.469 e. The maximum atomic E-state index is 12.4. The van der Waals surface area contributed by atoms with Crippen molar-refractivity contribution in [3.63, 3.8) is 0 Å². The largest absolute Gasteiger partial charge is 0.469 e. The molecule has 1 aromatic heterocycles. The molecule has 15 heavy (non-hydrogen) atoms. The summed E-state index contributed by atoms with van der Waals surface area (Å²) in [4.78, 5) is 14.6. The van der Waals surface area contributed by atoms with Gasteiger partial charge in [0.1, 0.15) is 5.69 Å². The van der Waals surface area contributed by atoms with E-state index < -0.39 is 12.4 Å². The van der Waals surface area contributed by atoms with Crippen molar-refractivity contribution < 1.29 is 18.3 Å². The fourth-order valence-electron chi connectivity index (χ4n) is 0.972. The van der Waals surface area contributed by atoms with Crippen LogP contribution in [0.25, 0.3) is 0 Å². The van der Waals surface area contributed by atoms with Crippen molar-refractivity contribution in [2.24, 2.45) is 0 Å². The minimum atomic E-state index is -2.63. The molecule has 6 heteroatoms. The first kappa shape index (κ1) is 12.3. The first-order valence-electron chi connectivity index (χ1n) is 4.05. The number of carbonyl (C=O) groups is 1. The fraction of sp³-hybridized carbons (Fsp3) is 0.333. The molecule has 1 heterocycles. The Morgan fingerprint density at radius 1 is 1.60 bits per heavy atom. The van der Waals surface area contributed by atoms with Gasteiger partial charge in [0, 0.05) is 3.57 Å². The summed E-state index contributed by atoms with van der Waals surface area (Å²) in [6.45, 7) is 0. The number of pyridine rings is 1. The second-order valence-corrected chi connectivity index (χ2v) is 3.89. The number of halogens is 3. The molecule has 0 amide bonds. The van der Waals surface area contributed by atoms with Gasteiger partial charge < -0.3 is 4.74 Å². The first-order chi connectivity index (χ1) is 7.04. The van der Waals surface area contributed by atoms with E-state index in [1.165, 1.54) is 19.2 Å². The second kappa shape index (κ2) is 5.34. The van der Waals surface area contributed by atoms with E-state index in [9.17, 15) is 13.6 Å². The predicted octanol–water partition coefficient (Wildman–Crippen LogP) is 2.34. The summed E-state index contributed by atoms with van der Waals surface area (Å²) < 4.78 is 29.7. The van der Waals surface area contributed by atoms with E-state index in [4.69, 9.17) is 0 Å². The molecular weight excluding hydrogens is 319 g/mol. The number of aromatic nitrogens is 1. The normalized spacial score (nSPS) is 10.5. The Morgan fingerprint density at radius 2 is 2.27 bits per heavy atom. The van der Waals surface area contributed by atoms with Gasteiger partial charge in [-0.15, -0.1) is 0 Å². The van der Waals surface area contributed by atoms with Crippen LogP contribution in [0.5, 0.6) is 0 Å². The predicted molar refractivity (Wildman–Crippen MR) is 57.6 cm³/mol. The number of nitrogens with zero attached hydrogens (tertiary/aromatic N) is 1. The highest BCUT2D eigenvalue weighted by Gasteiger charge is 2.15. The molecule has 0 aliphatic rings. The highest BCUT2D eigenvalue weighted by atomic mass is 127. The van der Waals surface area contributed by atoms with Gasteiger partial charge >= 0.3 is 5.97 Å². The molecule has 0 atom stereocenters. The Hall–Kier alpha value is -0.790. The van der Waals surface area contributed by atoms with E-state index in [2.05, 4.69) is 9.72 Å². The van der Waals surface area contributed by atoms with Gasteiger partial charge in [-0.3, -0.25) is 9.78 Å². The summed E-state index contributed by atoms with van der Waals surface area (Å²) in [5, 5.41) is 0. The SMILES string of the molecule is COC(=O)Cc1ccc(I)c(C(F)F)n1. The van der Waals surface area contributed by atoms with E-state index in [-0.39, 0.29) is 17.8 Å². The van der Waals surface area contributed by atoms with Crippen LogP contribution in [0.4, 0.5) is 8.78 Å². The number of hydrogen-bond donors (Lipinski definition) is 0. The van der Waals surface area contributed by atoms with Crippen LogP contribution >= 0.6 is 22.6 Å². The van der Waals surface area contributed by atoms with E-state index >= 15 is 0 Å². The molecule has 0 saturated carbocycles. The van der Waals surface area contributed by atoms with Crippen molar-refractivity contribution >= 4 is 28.6 Å². The highest BCUT2D eigenvalue weighted by molar-refractivity contribution is 14.1. The number of rotatable bonds is 3. The summed E-state index contributed by atoms with van der Waals surface area (Å²) in [5.41, 5.74) is -0.00503. The molecule has 0 N–H and O–H groups in total. The molecule has 0 spiro atoms. The lowest BCUT2D eigenvalue weighted by atomic mass is 10.2. The van der Waals surface area contributed by atoms with Crippen molar-refractivity contribution in [2.75, 3.05) is 7.11 Å². The summed E-state index contributed by atoms with van der Waals surface area (Å²) in [7, 11) is 1.24. The maximum absolute atomic E-state index is 12.4. The van der Waals surface area contributed by atoms with E-state index in [0.717, 1.165) is 0 Å². The number of esters is 1. The van der Waals surface area contributed by atoms with Gasteiger partial charge in [-0.2, -0.15) is 0 Å². The third-order valence-electron chi connectivity index (χ3n) is 1.69. The lowest BCUT2D eigenvalue weighted by Crippen LogP contribution is -2.08. The van der Waals surface area contributed by atoms with E-state index in [1.807, 2.05) is 0 Å². The maximum Gasteiger partial charge on any atom is 0.311 e. The molecule has 0 radical (unpaired) electrons. The van der Waals surface area contributed by atoms with E-state index in [0.29, 0.717) is 3.57 Å². The number of hydrogen-bond acceptors (Lipinski definition) is 3. The van der Waals surface area contributed by atoms with Crippen LogP contribution < -0.4 is 0 Å². The number of ether oxygens (including phenoxy) is 1. The molecule has 0 aromatic carbocycles. The topological polar surface area (TPSA) is 39.2 Å². The second-order valence-electron chi connectivity index (χ2n) is 2.72. The Balaban J connectivity index is 2.92. The molecular formula is C9H8F2INO2.